The van der Waals surface area contributed by atoms with Gasteiger partial charge in [0.25, 0.3) is 10.0 Å². The summed E-state index contributed by atoms with van der Waals surface area (Å²) in [4.78, 5) is 29.9. The Labute approximate surface area is 291 Å². The average molecular weight is 717 g/mol. The molecule has 12 heteroatoms. The highest BCUT2D eigenvalue weighted by molar-refractivity contribution is 7.92. The maximum absolute atomic E-state index is 14.6. The molecule has 0 aliphatic rings. The van der Waals surface area contributed by atoms with Crippen LogP contribution in [-0.4, -0.2) is 50.9 Å². The van der Waals surface area contributed by atoms with E-state index >= 15 is 0 Å². The summed E-state index contributed by atoms with van der Waals surface area (Å²) >= 11 is 19.4. The first-order valence-electron chi connectivity index (χ1n) is 14.9. The summed E-state index contributed by atoms with van der Waals surface area (Å²) < 4.78 is 34.6. The van der Waals surface area contributed by atoms with Crippen LogP contribution < -0.4 is 14.4 Å². The van der Waals surface area contributed by atoms with Gasteiger partial charge in [-0.25, -0.2) is 8.42 Å². The Bertz CT molecular complexity index is 1770. The first-order valence-corrected chi connectivity index (χ1v) is 17.5. The maximum Gasteiger partial charge on any atom is 0.264 e. The molecular formula is C35H36Cl3N3O5S. The van der Waals surface area contributed by atoms with Gasteiger partial charge in [0.2, 0.25) is 11.8 Å². The topological polar surface area (TPSA) is 96.0 Å². The molecule has 0 aliphatic carbocycles. The van der Waals surface area contributed by atoms with E-state index in [1.54, 1.807) is 36.4 Å². The number of amides is 2. The number of nitrogens with one attached hydrogen (secondary N) is 1. The fraction of sp³-hybridized carbons (Fsp3) is 0.257. The lowest BCUT2D eigenvalue weighted by atomic mass is 10.0. The van der Waals surface area contributed by atoms with Crippen molar-refractivity contribution in [3.8, 4) is 5.75 Å². The molecule has 2 amide bonds. The van der Waals surface area contributed by atoms with Gasteiger partial charge in [-0.2, -0.15) is 0 Å². The van der Waals surface area contributed by atoms with E-state index in [9.17, 15) is 18.0 Å². The van der Waals surface area contributed by atoms with Gasteiger partial charge in [0.1, 0.15) is 18.3 Å². The molecule has 0 heterocycles. The minimum atomic E-state index is -4.32. The highest BCUT2D eigenvalue weighted by Crippen LogP contribution is 2.30. The van der Waals surface area contributed by atoms with E-state index < -0.39 is 34.4 Å². The van der Waals surface area contributed by atoms with Gasteiger partial charge in [-0.1, -0.05) is 84.2 Å². The molecule has 0 aliphatic heterocycles. The van der Waals surface area contributed by atoms with Crippen LogP contribution in [0.25, 0.3) is 0 Å². The highest BCUT2D eigenvalue weighted by Gasteiger charge is 2.35. The zero-order chi connectivity index (χ0) is 34.1. The van der Waals surface area contributed by atoms with Crippen LogP contribution >= 0.6 is 34.8 Å². The summed E-state index contributed by atoms with van der Waals surface area (Å²) in [6.07, 6.45) is 0.816. The van der Waals surface area contributed by atoms with Gasteiger partial charge in [0.05, 0.1) is 17.7 Å². The van der Waals surface area contributed by atoms with E-state index in [1.807, 2.05) is 44.2 Å². The predicted molar refractivity (Wildman–Crippen MR) is 188 cm³/mol. The Morgan fingerprint density at radius 1 is 0.872 bits per heavy atom. The Morgan fingerprint density at radius 3 is 2.11 bits per heavy atom. The molecule has 8 nitrogen and oxygen atoms in total. The van der Waals surface area contributed by atoms with Crippen molar-refractivity contribution in [1.29, 1.82) is 0 Å². The number of hydrogen-bond donors (Lipinski definition) is 1. The first kappa shape index (κ1) is 36.1. The number of sulfonamides is 1. The molecule has 0 aromatic heterocycles. The highest BCUT2D eigenvalue weighted by atomic mass is 35.5. The standard InChI is InChI=1S/C35H36Cl3N3O5S/c1-4-24(2)39-35(43)33(20-25-10-6-5-7-11-25)40(22-30-31(37)14-9-15-32(30)38)34(42)23-41(27-13-8-12-26(36)21-27)47(44,45)29-18-16-28(46-3)17-19-29/h5-19,21,24,33H,4,20,22-23H2,1-3H3,(H,39,43)/t24-,33+/m0/s1. The predicted octanol–water partition coefficient (Wildman–Crippen LogP) is 7.41. The lowest BCUT2D eigenvalue weighted by Crippen LogP contribution is -2.54. The molecule has 0 saturated heterocycles. The molecular weight excluding hydrogens is 681 g/mol. The summed E-state index contributed by atoms with van der Waals surface area (Å²) in [5.41, 5.74) is 1.39. The van der Waals surface area contributed by atoms with Gasteiger partial charge in [0, 0.05) is 39.6 Å². The van der Waals surface area contributed by atoms with Crippen molar-refractivity contribution < 1.29 is 22.7 Å². The fourth-order valence-corrected chi connectivity index (χ4v) is 6.99. The molecule has 47 heavy (non-hydrogen) atoms. The van der Waals surface area contributed by atoms with Gasteiger partial charge in [-0.3, -0.25) is 13.9 Å². The average Bonchev–Trinajstić information content (AvgIpc) is 3.06. The van der Waals surface area contributed by atoms with E-state index in [1.165, 1.54) is 42.3 Å². The van der Waals surface area contributed by atoms with Crippen LogP contribution in [0, 0.1) is 0 Å². The Balaban J connectivity index is 1.84. The smallest absolute Gasteiger partial charge is 0.264 e. The van der Waals surface area contributed by atoms with Crippen molar-refractivity contribution in [1.82, 2.24) is 10.2 Å². The van der Waals surface area contributed by atoms with E-state index in [4.69, 9.17) is 39.5 Å². The molecule has 4 rings (SSSR count). The summed E-state index contributed by atoms with van der Waals surface area (Å²) in [6, 6.07) is 25.1. The molecule has 4 aromatic rings. The Kier molecular flexibility index (Phi) is 12.6. The molecule has 0 fully saturated rings. The third kappa shape index (κ3) is 9.20. The number of carbonyl (C=O) groups is 2. The van der Waals surface area contributed by atoms with E-state index in [0.717, 1.165) is 9.87 Å². The third-order valence-corrected chi connectivity index (χ3v) is 10.4. The van der Waals surface area contributed by atoms with Crippen LogP contribution in [0.4, 0.5) is 5.69 Å². The zero-order valence-corrected chi connectivity index (χ0v) is 29.3. The molecule has 0 bridgehead atoms. The van der Waals surface area contributed by atoms with E-state index in [2.05, 4.69) is 5.32 Å². The molecule has 0 unspecified atom stereocenters. The summed E-state index contributed by atoms with van der Waals surface area (Å²) in [7, 11) is -2.85. The molecule has 2 atom stereocenters. The summed E-state index contributed by atoms with van der Waals surface area (Å²) in [5.74, 6) is -0.585. The number of halogens is 3. The van der Waals surface area contributed by atoms with Crippen LogP contribution in [0.1, 0.15) is 31.4 Å². The van der Waals surface area contributed by atoms with Gasteiger partial charge in [-0.05, 0) is 73.5 Å². The number of ether oxygens (including phenoxy) is 1. The van der Waals surface area contributed by atoms with Crippen LogP contribution in [-0.2, 0) is 32.6 Å². The van der Waals surface area contributed by atoms with E-state index in [0.29, 0.717) is 27.8 Å². The number of rotatable bonds is 14. The monoisotopic (exact) mass is 715 g/mol. The van der Waals surface area contributed by atoms with E-state index in [-0.39, 0.29) is 34.6 Å². The zero-order valence-electron chi connectivity index (χ0n) is 26.2. The van der Waals surface area contributed by atoms with Crippen molar-refractivity contribution in [3.05, 3.63) is 123 Å². The fourth-order valence-electron chi connectivity index (χ4n) is 4.88. The summed E-state index contributed by atoms with van der Waals surface area (Å²) in [6.45, 7) is 3.00. The van der Waals surface area contributed by atoms with Crippen molar-refractivity contribution in [2.75, 3.05) is 18.0 Å². The SMILES string of the molecule is CC[C@H](C)NC(=O)[C@@H](Cc1ccccc1)N(Cc1c(Cl)cccc1Cl)C(=O)CN(c1cccc(Cl)c1)S(=O)(=O)c1ccc(OC)cc1. The quantitative estimate of drug-likeness (QED) is 0.147. The number of nitrogens with zero attached hydrogens (tertiary/aromatic N) is 2. The number of carbonyl (C=O) groups excluding carboxylic acids is 2. The second-order valence-electron chi connectivity index (χ2n) is 10.9. The third-order valence-electron chi connectivity index (χ3n) is 7.68. The first-order chi connectivity index (χ1) is 22.4. The lowest BCUT2D eigenvalue weighted by Gasteiger charge is -2.34. The van der Waals surface area contributed by atoms with Crippen LogP contribution in [0.15, 0.2) is 102 Å². The van der Waals surface area contributed by atoms with Gasteiger partial charge in [-0.15, -0.1) is 0 Å². The number of benzene rings is 4. The molecule has 248 valence electrons. The molecule has 1 N–H and O–H groups in total. The number of methoxy groups -OCH3 is 1. The van der Waals surface area contributed by atoms with Crippen molar-refractivity contribution in [2.45, 2.75) is 50.2 Å². The molecule has 0 radical (unpaired) electrons. The van der Waals surface area contributed by atoms with Crippen LogP contribution in [0.2, 0.25) is 15.1 Å². The van der Waals surface area contributed by atoms with Crippen molar-refractivity contribution >= 4 is 62.3 Å². The second kappa shape index (κ2) is 16.4. The van der Waals surface area contributed by atoms with Crippen molar-refractivity contribution in [2.24, 2.45) is 0 Å². The Hall–Kier alpha value is -3.76. The van der Waals surface area contributed by atoms with Gasteiger partial charge < -0.3 is 15.0 Å². The Morgan fingerprint density at radius 2 is 1.51 bits per heavy atom. The van der Waals surface area contributed by atoms with Crippen LogP contribution in [0.5, 0.6) is 5.75 Å². The molecule has 0 saturated carbocycles. The second-order valence-corrected chi connectivity index (χ2v) is 14.0. The minimum Gasteiger partial charge on any atom is -0.497 e. The molecule has 0 spiro atoms. The summed E-state index contributed by atoms with van der Waals surface area (Å²) in [5, 5.41) is 3.88. The lowest BCUT2D eigenvalue weighted by molar-refractivity contribution is -0.140. The maximum atomic E-state index is 14.6. The van der Waals surface area contributed by atoms with Crippen molar-refractivity contribution in [3.63, 3.8) is 0 Å². The van der Waals surface area contributed by atoms with Crippen LogP contribution in [0.3, 0.4) is 0 Å². The van der Waals surface area contributed by atoms with Gasteiger partial charge in [0.15, 0.2) is 0 Å². The van der Waals surface area contributed by atoms with Gasteiger partial charge >= 0.3 is 0 Å². The largest absolute Gasteiger partial charge is 0.497 e. The normalized spacial score (nSPS) is 12.6. The number of hydrogen-bond acceptors (Lipinski definition) is 5. The number of anilines is 1. The molecule has 4 aromatic carbocycles. The minimum absolute atomic E-state index is 0.0675.